The van der Waals surface area contributed by atoms with Gasteiger partial charge in [-0.15, -0.1) is 0 Å². The number of nitrogens with zero attached hydrogens (tertiary/aromatic N) is 1. The minimum Gasteiger partial charge on any atom is -0.449 e. The lowest BCUT2D eigenvalue weighted by Crippen LogP contribution is -2.31. The molecule has 0 heterocycles. The third-order valence-electron chi connectivity index (χ3n) is 4.18. The quantitative estimate of drug-likeness (QED) is 0.636. The topological polar surface area (TPSA) is 92.8 Å². The highest BCUT2D eigenvalue weighted by Crippen LogP contribution is 2.18. The van der Waals surface area contributed by atoms with E-state index >= 15 is 0 Å². The Morgan fingerprint density at radius 1 is 1.10 bits per heavy atom. The highest BCUT2D eigenvalue weighted by Gasteiger charge is 2.24. The zero-order valence-corrected chi connectivity index (χ0v) is 18.0. The molecule has 0 fully saturated rings. The molecule has 0 radical (unpaired) electrons. The van der Waals surface area contributed by atoms with E-state index in [0.29, 0.717) is 23.8 Å². The number of rotatable bonds is 8. The fourth-order valence-electron chi connectivity index (χ4n) is 2.56. The first kappa shape index (κ1) is 22.9. The van der Waals surface area contributed by atoms with Gasteiger partial charge in [0.25, 0.3) is 5.91 Å². The van der Waals surface area contributed by atoms with Crippen LogP contribution in [-0.2, 0) is 19.6 Å². The second-order valence-corrected chi connectivity index (χ2v) is 8.54. The van der Waals surface area contributed by atoms with E-state index in [0.717, 1.165) is 0 Å². The Hall–Kier alpha value is -2.42. The predicted octanol–water partition coefficient (Wildman–Crippen LogP) is 3.55. The minimum absolute atomic E-state index is 0.00563. The number of halogens is 1. The number of amides is 1. The summed E-state index contributed by atoms with van der Waals surface area (Å²) < 4.78 is 31.7. The van der Waals surface area contributed by atoms with Crippen LogP contribution in [0.3, 0.4) is 0 Å². The molecule has 2 rings (SSSR count). The van der Waals surface area contributed by atoms with Crippen LogP contribution in [0, 0.1) is 0 Å². The summed E-state index contributed by atoms with van der Waals surface area (Å²) in [6, 6.07) is 12.1. The Morgan fingerprint density at radius 2 is 1.72 bits per heavy atom. The maximum atomic E-state index is 12.6. The molecular formula is C20H23ClN2O5S. The zero-order chi connectivity index (χ0) is 21.6. The molecule has 0 aliphatic heterocycles. The van der Waals surface area contributed by atoms with E-state index in [-0.39, 0.29) is 10.5 Å². The number of hydrogen-bond donors (Lipinski definition) is 1. The molecule has 0 aliphatic rings. The molecule has 2 aromatic carbocycles. The molecule has 1 unspecified atom stereocenters. The molecule has 0 aromatic heterocycles. The molecule has 1 N–H and O–H groups in total. The zero-order valence-electron chi connectivity index (χ0n) is 16.4. The average molecular weight is 439 g/mol. The van der Waals surface area contributed by atoms with Crippen molar-refractivity contribution in [3.05, 3.63) is 59.1 Å². The first-order chi connectivity index (χ1) is 13.7. The van der Waals surface area contributed by atoms with Crippen LogP contribution in [0.1, 0.15) is 31.1 Å². The SMILES string of the molecule is CCN(CC)S(=O)(=O)c1cccc(C(=O)OC(C)C(=O)Nc2ccc(Cl)cc2)c1. The van der Waals surface area contributed by atoms with E-state index < -0.39 is 28.0 Å². The molecule has 29 heavy (non-hydrogen) atoms. The largest absolute Gasteiger partial charge is 0.449 e. The van der Waals surface area contributed by atoms with Crippen molar-refractivity contribution in [2.45, 2.75) is 31.8 Å². The number of benzene rings is 2. The molecule has 9 heteroatoms. The van der Waals surface area contributed by atoms with Crippen LogP contribution in [0.5, 0.6) is 0 Å². The van der Waals surface area contributed by atoms with Crippen LogP contribution in [0.2, 0.25) is 5.02 Å². The smallest absolute Gasteiger partial charge is 0.338 e. The van der Waals surface area contributed by atoms with Gasteiger partial charge in [0.1, 0.15) is 0 Å². The van der Waals surface area contributed by atoms with Crippen LogP contribution in [0.4, 0.5) is 5.69 Å². The molecule has 0 spiro atoms. The van der Waals surface area contributed by atoms with Gasteiger partial charge in [0.2, 0.25) is 10.0 Å². The van der Waals surface area contributed by atoms with Crippen LogP contribution < -0.4 is 5.32 Å². The van der Waals surface area contributed by atoms with Gasteiger partial charge in [-0.25, -0.2) is 13.2 Å². The maximum absolute atomic E-state index is 12.6. The third kappa shape index (κ3) is 5.79. The summed E-state index contributed by atoms with van der Waals surface area (Å²) in [4.78, 5) is 24.6. The molecule has 1 atom stereocenters. The van der Waals surface area contributed by atoms with Crippen molar-refractivity contribution < 1.29 is 22.7 Å². The molecule has 0 aliphatic carbocycles. The second-order valence-electron chi connectivity index (χ2n) is 6.16. The first-order valence-corrected chi connectivity index (χ1v) is 10.9. The number of carbonyl (C=O) groups is 2. The average Bonchev–Trinajstić information content (AvgIpc) is 2.70. The second kappa shape index (κ2) is 9.87. The number of ether oxygens (including phenoxy) is 1. The van der Waals surface area contributed by atoms with Gasteiger partial charge in [-0.3, -0.25) is 4.79 Å². The van der Waals surface area contributed by atoms with Crippen molar-refractivity contribution in [3.63, 3.8) is 0 Å². The molecule has 2 aromatic rings. The van der Waals surface area contributed by atoms with Crippen LogP contribution in [0.15, 0.2) is 53.4 Å². The summed E-state index contributed by atoms with van der Waals surface area (Å²) in [5, 5.41) is 3.14. The van der Waals surface area contributed by atoms with Crippen molar-refractivity contribution in [2.75, 3.05) is 18.4 Å². The van der Waals surface area contributed by atoms with E-state index in [4.69, 9.17) is 16.3 Å². The van der Waals surface area contributed by atoms with Gasteiger partial charge in [0.15, 0.2) is 6.10 Å². The normalized spacial score (nSPS) is 12.4. The van der Waals surface area contributed by atoms with E-state index in [1.165, 1.54) is 35.5 Å². The van der Waals surface area contributed by atoms with Gasteiger partial charge in [0, 0.05) is 23.8 Å². The van der Waals surface area contributed by atoms with Gasteiger partial charge in [-0.1, -0.05) is 31.5 Å². The van der Waals surface area contributed by atoms with Crippen LogP contribution >= 0.6 is 11.6 Å². The van der Waals surface area contributed by atoms with Gasteiger partial charge >= 0.3 is 5.97 Å². The van der Waals surface area contributed by atoms with Crippen molar-refractivity contribution in [1.29, 1.82) is 0 Å². The van der Waals surface area contributed by atoms with E-state index in [1.807, 2.05) is 0 Å². The molecule has 1 amide bonds. The first-order valence-electron chi connectivity index (χ1n) is 9.06. The lowest BCUT2D eigenvalue weighted by molar-refractivity contribution is -0.123. The summed E-state index contributed by atoms with van der Waals surface area (Å²) in [5.41, 5.74) is 0.555. The fraction of sp³-hybridized carbons (Fsp3) is 0.300. The monoisotopic (exact) mass is 438 g/mol. The maximum Gasteiger partial charge on any atom is 0.338 e. The Morgan fingerprint density at radius 3 is 2.31 bits per heavy atom. The molecule has 0 saturated heterocycles. The summed E-state index contributed by atoms with van der Waals surface area (Å²) in [6.07, 6.45) is -1.08. The number of esters is 1. The Kier molecular flexibility index (Phi) is 7.78. The number of anilines is 1. The molecule has 7 nitrogen and oxygen atoms in total. The van der Waals surface area contributed by atoms with Gasteiger partial charge in [-0.2, -0.15) is 4.31 Å². The molecular weight excluding hydrogens is 416 g/mol. The Bertz CT molecular complexity index is 973. The van der Waals surface area contributed by atoms with E-state index in [1.54, 1.807) is 38.1 Å². The summed E-state index contributed by atoms with van der Waals surface area (Å²) in [5.74, 6) is -1.31. The van der Waals surface area contributed by atoms with Gasteiger partial charge < -0.3 is 10.1 Å². The van der Waals surface area contributed by atoms with Gasteiger partial charge in [-0.05, 0) is 49.4 Å². The lowest BCUT2D eigenvalue weighted by atomic mass is 10.2. The summed E-state index contributed by atoms with van der Waals surface area (Å²) >= 11 is 5.80. The summed E-state index contributed by atoms with van der Waals surface area (Å²) in [7, 11) is -3.71. The summed E-state index contributed by atoms with van der Waals surface area (Å²) in [6.45, 7) is 5.53. The number of carbonyl (C=O) groups excluding carboxylic acids is 2. The van der Waals surface area contributed by atoms with Crippen molar-refractivity contribution in [1.82, 2.24) is 4.31 Å². The molecule has 0 saturated carbocycles. The minimum atomic E-state index is -3.71. The number of hydrogen-bond acceptors (Lipinski definition) is 5. The van der Waals surface area contributed by atoms with Crippen molar-refractivity contribution in [2.24, 2.45) is 0 Å². The fourth-order valence-corrected chi connectivity index (χ4v) is 4.19. The van der Waals surface area contributed by atoms with Crippen LogP contribution in [-0.4, -0.2) is 43.8 Å². The van der Waals surface area contributed by atoms with E-state index in [2.05, 4.69) is 5.32 Å². The molecule has 156 valence electrons. The predicted molar refractivity (Wildman–Crippen MR) is 112 cm³/mol. The highest BCUT2D eigenvalue weighted by molar-refractivity contribution is 7.89. The van der Waals surface area contributed by atoms with E-state index in [9.17, 15) is 18.0 Å². The lowest BCUT2D eigenvalue weighted by Gasteiger charge is -2.19. The van der Waals surface area contributed by atoms with Crippen molar-refractivity contribution in [3.8, 4) is 0 Å². The highest BCUT2D eigenvalue weighted by atomic mass is 35.5. The standard InChI is InChI=1S/C20H23ClN2O5S/c1-4-23(5-2)29(26,27)18-8-6-7-15(13-18)20(25)28-14(3)19(24)22-17-11-9-16(21)10-12-17/h6-14H,4-5H2,1-3H3,(H,22,24). The molecule has 0 bridgehead atoms. The number of nitrogens with one attached hydrogen (secondary N) is 1. The Balaban J connectivity index is 2.10. The number of sulfonamides is 1. The Labute approximate surface area is 175 Å². The third-order valence-corrected chi connectivity index (χ3v) is 6.48. The van der Waals surface area contributed by atoms with Crippen LogP contribution in [0.25, 0.3) is 0 Å². The van der Waals surface area contributed by atoms with Gasteiger partial charge in [0.05, 0.1) is 10.5 Å². The van der Waals surface area contributed by atoms with Crippen molar-refractivity contribution >= 4 is 39.2 Å².